The minimum absolute atomic E-state index is 0.0368. The average Bonchev–Trinajstić information content (AvgIpc) is 2.26. The number of benzene rings is 1. The molecule has 1 aromatic carbocycles. The lowest BCUT2D eigenvalue weighted by molar-refractivity contribution is 0.112. The predicted octanol–water partition coefficient (Wildman–Crippen LogP) is 2.91. The molecule has 0 spiro atoms. The Morgan fingerprint density at radius 1 is 1.38 bits per heavy atom. The van der Waals surface area contributed by atoms with Crippen molar-refractivity contribution in [2.75, 3.05) is 18.1 Å². The lowest BCUT2D eigenvalue weighted by atomic mass is 10.2. The SMILES string of the molecule is CCSCCOc1c(F)cc(C=O)cc1F. The number of ether oxygens (including phenoxy) is 1. The third kappa shape index (κ3) is 3.48. The van der Waals surface area contributed by atoms with E-state index in [1.165, 1.54) is 0 Å². The topological polar surface area (TPSA) is 26.3 Å². The van der Waals surface area contributed by atoms with Gasteiger partial charge in [-0.1, -0.05) is 6.92 Å². The number of hydrogen-bond donors (Lipinski definition) is 0. The fraction of sp³-hybridized carbons (Fsp3) is 0.364. The number of carbonyl (C=O) groups is 1. The standard InChI is InChI=1S/C11H12F2O2S/c1-2-16-4-3-15-11-9(12)5-8(7-14)6-10(11)13/h5-7H,2-4H2,1H3. The number of rotatable bonds is 6. The second kappa shape index (κ2) is 6.48. The van der Waals surface area contributed by atoms with Crippen LogP contribution in [0.15, 0.2) is 12.1 Å². The Kier molecular flexibility index (Phi) is 5.25. The Bertz CT molecular complexity index is 346. The third-order valence-electron chi connectivity index (χ3n) is 1.83. The van der Waals surface area contributed by atoms with E-state index in [2.05, 4.69) is 0 Å². The normalized spacial score (nSPS) is 10.2. The first-order valence-corrected chi connectivity index (χ1v) is 5.99. The van der Waals surface area contributed by atoms with Crippen LogP contribution in [-0.2, 0) is 0 Å². The van der Waals surface area contributed by atoms with E-state index in [1.54, 1.807) is 11.8 Å². The van der Waals surface area contributed by atoms with Crippen molar-refractivity contribution in [3.8, 4) is 5.75 Å². The summed E-state index contributed by atoms with van der Waals surface area (Å²) >= 11 is 1.62. The molecule has 2 nitrogen and oxygen atoms in total. The summed E-state index contributed by atoms with van der Waals surface area (Å²) in [5.41, 5.74) is -0.0368. The lowest BCUT2D eigenvalue weighted by Gasteiger charge is -2.08. The fourth-order valence-electron chi connectivity index (χ4n) is 1.13. The monoisotopic (exact) mass is 246 g/mol. The molecular formula is C11H12F2O2S. The summed E-state index contributed by atoms with van der Waals surface area (Å²) in [5, 5.41) is 0. The molecule has 0 bridgehead atoms. The highest BCUT2D eigenvalue weighted by atomic mass is 32.2. The number of aldehydes is 1. The molecule has 16 heavy (non-hydrogen) atoms. The van der Waals surface area contributed by atoms with E-state index >= 15 is 0 Å². The van der Waals surface area contributed by atoms with Gasteiger partial charge >= 0.3 is 0 Å². The molecule has 88 valence electrons. The molecule has 0 fully saturated rings. The summed E-state index contributed by atoms with van der Waals surface area (Å²) in [7, 11) is 0. The largest absolute Gasteiger partial charge is 0.487 e. The van der Waals surface area contributed by atoms with Crippen molar-refractivity contribution in [1.29, 1.82) is 0 Å². The van der Waals surface area contributed by atoms with Gasteiger partial charge < -0.3 is 4.74 Å². The summed E-state index contributed by atoms with van der Waals surface area (Å²) in [5.74, 6) is -0.502. The lowest BCUT2D eigenvalue weighted by Crippen LogP contribution is -2.04. The molecule has 0 saturated carbocycles. The minimum atomic E-state index is -0.844. The molecule has 0 aliphatic rings. The van der Waals surface area contributed by atoms with Crippen molar-refractivity contribution in [2.24, 2.45) is 0 Å². The average molecular weight is 246 g/mol. The molecule has 0 N–H and O–H groups in total. The van der Waals surface area contributed by atoms with Crippen molar-refractivity contribution in [1.82, 2.24) is 0 Å². The predicted molar refractivity (Wildman–Crippen MR) is 60.2 cm³/mol. The highest BCUT2D eigenvalue weighted by molar-refractivity contribution is 7.99. The molecule has 0 aliphatic heterocycles. The van der Waals surface area contributed by atoms with Gasteiger partial charge in [-0.2, -0.15) is 11.8 Å². The smallest absolute Gasteiger partial charge is 0.190 e. The van der Waals surface area contributed by atoms with E-state index in [0.717, 1.165) is 17.9 Å². The first-order valence-electron chi connectivity index (χ1n) is 4.83. The van der Waals surface area contributed by atoms with Crippen LogP contribution >= 0.6 is 11.8 Å². The Hall–Kier alpha value is -1.10. The maximum atomic E-state index is 13.3. The fourth-order valence-corrected chi connectivity index (χ4v) is 1.62. The van der Waals surface area contributed by atoms with E-state index in [-0.39, 0.29) is 12.2 Å². The highest BCUT2D eigenvalue weighted by Gasteiger charge is 2.12. The van der Waals surface area contributed by atoms with Gasteiger partial charge in [0.25, 0.3) is 0 Å². The van der Waals surface area contributed by atoms with Gasteiger partial charge in [0.2, 0.25) is 0 Å². The Morgan fingerprint density at radius 2 is 2.00 bits per heavy atom. The molecule has 0 amide bonds. The van der Waals surface area contributed by atoms with E-state index in [0.29, 0.717) is 12.0 Å². The third-order valence-corrected chi connectivity index (χ3v) is 2.70. The van der Waals surface area contributed by atoms with E-state index in [9.17, 15) is 13.6 Å². The number of thioether (sulfide) groups is 1. The number of carbonyl (C=O) groups excluding carboxylic acids is 1. The zero-order valence-corrected chi connectivity index (χ0v) is 9.65. The molecule has 1 aromatic rings. The van der Waals surface area contributed by atoms with E-state index in [1.807, 2.05) is 6.92 Å². The molecule has 0 atom stereocenters. The van der Waals surface area contributed by atoms with Gasteiger partial charge in [0.1, 0.15) is 6.29 Å². The summed E-state index contributed by atoms with van der Waals surface area (Å²) in [6.45, 7) is 2.23. The van der Waals surface area contributed by atoms with Crippen molar-refractivity contribution < 1.29 is 18.3 Å². The summed E-state index contributed by atoms with van der Waals surface area (Å²) < 4.78 is 31.5. The van der Waals surface area contributed by atoms with Gasteiger partial charge in [-0.3, -0.25) is 4.79 Å². The quantitative estimate of drug-likeness (QED) is 0.570. The number of hydrogen-bond acceptors (Lipinski definition) is 3. The molecule has 0 radical (unpaired) electrons. The first kappa shape index (κ1) is 13.0. The van der Waals surface area contributed by atoms with Crippen LogP contribution in [0.4, 0.5) is 8.78 Å². The maximum Gasteiger partial charge on any atom is 0.190 e. The minimum Gasteiger partial charge on any atom is -0.487 e. The van der Waals surface area contributed by atoms with Gasteiger partial charge in [0.05, 0.1) is 6.61 Å². The molecule has 1 rings (SSSR count). The van der Waals surface area contributed by atoms with Crippen LogP contribution < -0.4 is 4.74 Å². The Labute approximate surface area is 97.0 Å². The second-order valence-electron chi connectivity index (χ2n) is 2.98. The highest BCUT2D eigenvalue weighted by Crippen LogP contribution is 2.22. The van der Waals surface area contributed by atoms with Gasteiger partial charge in [-0.15, -0.1) is 0 Å². The summed E-state index contributed by atoms with van der Waals surface area (Å²) in [6.07, 6.45) is 0.392. The van der Waals surface area contributed by atoms with Gasteiger partial charge in [-0.25, -0.2) is 8.78 Å². The molecule has 0 unspecified atom stereocenters. The van der Waals surface area contributed by atoms with Crippen LogP contribution in [-0.4, -0.2) is 24.4 Å². The van der Waals surface area contributed by atoms with E-state index < -0.39 is 17.4 Å². The van der Waals surface area contributed by atoms with Crippen molar-refractivity contribution in [3.05, 3.63) is 29.3 Å². The van der Waals surface area contributed by atoms with E-state index in [4.69, 9.17) is 4.74 Å². The van der Waals surface area contributed by atoms with Crippen LogP contribution in [0.3, 0.4) is 0 Å². The van der Waals surface area contributed by atoms with Crippen LogP contribution in [0.5, 0.6) is 5.75 Å². The van der Waals surface area contributed by atoms with Gasteiger partial charge in [-0.05, 0) is 17.9 Å². The summed E-state index contributed by atoms with van der Waals surface area (Å²) in [6, 6.07) is 1.91. The first-order chi connectivity index (χ1) is 7.69. The zero-order valence-electron chi connectivity index (χ0n) is 8.83. The molecular weight excluding hydrogens is 234 g/mol. The van der Waals surface area contributed by atoms with Gasteiger partial charge in [0, 0.05) is 11.3 Å². The van der Waals surface area contributed by atoms with Crippen LogP contribution in [0, 0.1) is 11.6 Å². The maximum absolute atomic E-state index is 13.3. The Balaban J connectivity index is 2.69. The van der Waals surface area contributed by atoms with Crippen LogP contribution in [0.1, 0.15) is 17.3 Å². The Morgan fingerprint density at radius 3 is 2.50 bits per heavy atom. The summed E-state index contributed by atoms with van der Waals surface area (Å²) in [4.78, 5) is 10.3. The van der Waals surface area contributed by atoms with Crippen molar-refractivity contribution in [3.63, 3.8) is 0 Å². The number of halogens is 2. The molecule has 5 heteroatoms. The van der Waals surface area contributed by atoms with Crippen LogP contribution in [0.25, 0.3) is 0 Å². The molecule has 0 heterocycles. The van der Waals surface area contributed by atoms with Crippen LogP contribution in [0.2, 0.25) is 0 Å². The van der Waals surface area contributed by atoms with Crippen molar-refractivity contribution in [2.45, 2.75) is 6.92 Å². The molecule has 0 saturated heterocycles. The van der Waals surface area contributed by atoms with Gasteiger partial charge in [0.15, 0.2) is 17.4 Å². The van der Waals surface area contributed by atoms with Crippen molar-refractivity contribution >= 4 is 18.0 Å². The zero-order chi connectivity index (χ0) is 12.0. The molecule has 0 aliphatic carbocycles. The molecule has 0 aromatic heterocycles. The second-order valence-corrected chi connectivity index (χ2v) is 4.37.